The molecule has 19 heavy (non-hydrogen) atoms. The van der Waals surface area contributed by atoms with E-state index in [1.54, 1.807) is 0 Å². The first-order valence-corrected chi connectivity index (χ1v) is 8.78. The highest BCUT2D eigenvalue weighted by atomic mass is 16.3. The van der Waals surface area contributed by atoms with E-state index < -0.39 is 0 Å². The summed E-state index contributed by atoms with van der Waals surface area (Å²) in [5.41, 5.74) is 0. The molecule has 1 nitrogen and oxygen atoms in total. The third-order valence-corrected chi connectivity index (χ3v) is 5.77. The third kappa shape index (κ3) is 4.21. The fourth-order valence-electron chi connectivity index (χ4n) is 4.90. The van der Waals surface area contributed by atoms with Crippen LogP contribution in [0.1, 0.15) is 78.6 Å². The van der Waals surface area contributed by atoms with Gasteiger partial charge in [0, 0.05) is 0 Å². The molecule has 0 aromatic heterocycles. The van der Waals surface area contributed by atoms with Crippen molar-refractivity contribution in [2.75, 3.05) is 0 Å². The van der Waals surface area contributed by atoms with Crippen molar-refractivity contribution in [1.29, 1.82) is 0 Å². The standard InChI is InChI=1S/C18H34O/c1-4-5-15-6-8-16(9-7-15)18(19)17-11-13(2)10-14(3)12-17/h13-19H,4-12H2,1-3H3. The van der Waals surface area contributed by atoms with Gasteiger partial charge in [-0.3, -0.25) is 0 Å². The summed E-state index contributed by atoms with van der Waals surface area (Å²) in [6.45, 7) is 7.03. The highest BCUT2D eigenvalue weighted by Crippen LogP contribution is 2.41. The fraction of sp³-hybridized carbons (Fsp3) is 1.00. The lowest BCUT2D eigenvalue weighted by atomic mass is 9.68. The lowest BCUT2D eigenvalue weighted by molar-refractivity contribution is -0.00482. The van der Waals surface area contributed by atoms with Gasteiger partial charge in [0.25, 0.3) is 0 Å². The number of hydrogen-bond acceptors (Lipinski definition) is 1. The number of hydrogen-bond donors (Lipinski definition) is 1. The average Bonchev–Trinajstić information content (AvgIpc) is 2.38. The molecule has 3 unspecified atom stereocenters. The summed E-state index contributed by atoms with van der Waals surface area (Å²) in [4.78, 5) is 0. The summed E-state index contributed by atoms with van der Waals surface area (Å²) in [5, 5.41) is 10.8. The Morgan fingerprint density at radius 3 is 2.00 bits per heavy atom. The van der Waals surface area contributed by atoms with E-state index >= 15 is 0 Å². The molecule has 2 saturated carbocycles. The van der Waals surface area contributed by atoms with Crippen LogP contribution in [0.15, 0.2) is 0 Å². The van der Waals surface area contributed by atoms with Crippen LogP contribution in [0.3, 0.4) is 0 Å². The Balaban J connectivity index is 1.81. The van der Waals surface area contributed by atoms with Crippen molar-refractivity contribution in [3.05, 3.63) is 0 Å². The monoisotopic (exact) mass is 266 g/mol. The van der Waals surface area contributed by atoms with Crippen LogP contribution in [0.4, 0.5) is 0 Å². The first kappa shape index (κ1) is 15.4. The second-order valence-electron chi connectivity index (χ2n) is 7.74. The molecule has 2 fully saturated rings. The normalized spacial score (nSPS) is 42.0. The molecular formula is C18H34O. The summed E-state index contributed by atoms with van der Waals surface area (Å²) in [7, 11) is 0. The van der Waals surface area contributed by atoms with Crippen LogP contribution in [0.5, 0.6) is 0 Å². The predicted molar refractivity (Wildman–Crippen MR) is 82.0 cm³/mol. The maximum atomic E-state index is 10.8. The minimum Gasteiger partial charge on any atom is -0.393 e. The molecule has 0 spiro atoms. The Bertz CT molecular complexity index is 244. The molecule has 2 rings (SSSR count). The van der Waals surface area contributed by atoms with E-state index in [2.05, 4.69) is 20.8 Å². The van der Waals surface area contributed by atoms with E-state index in [0.717, 1.165) is 17.8 Å². The van der Waals surface area contributed by atoms with E-state index in [1.165, 1.54) is 57.8 Å². The molecule has 112 valence electrons. The summed E-state index contributed by atoms with van der Waals surface area (Å²) >= 11 is 0. The van der Waals surface area contributed by atoms with Crippen molar-refractivity contribution in [3.8, 4) is 0 Å². The Morgan fingerprint density at radius 1 is 0.895 bits per heavy atom. The van der Waals surface area contributed by atoms with Crippen LogP contribution in [-0.2, 0) is 0 Å². The zero-order valence-electron chi connectivity index (χ0n) is 13.3. The van der Waals surface area contributed by atoms with Crippen LogP contribution >= 0.6 is 0 Å². The minimum atomic E-state index is -0.00669. The molecule has 0 radical (unpaired) electrons. The van der Waals surface area contributed by atoms with Crippen LogP contribution in [-0.4, -0.2) is 11.2 Å². The third-order valence-electron chi connectivity index (χ3n) is 5.77. The maximum Gasteiger partial charge on any atom is 0.0596 e. The van der Waals surface area contributed by atoms with Crippen molar-refractivity contribution in [2.24, 2.45) is 29.6 Å². The molecule has 0 bridgehead atoms. The molecule has 0 aromatic rings. The van der Waals surface area contributed by atoms with Crippen LogP contribution in [0.2, 0.25) is 0 Å². The van der Waals surface area contributed by atoms with Crippen LogP contribution in [0, 0.1) is 29.6 Å². The molecular weight excluding hydrogens is 232 g/mol. The van der Waals surface area contributed by atoms with Gasteiger partial charge in [0.05, 0.1) is 6.10 Å². The number of aliphatic hydroxyl groups is 1. The van der Waals surface area contributed by atoms with Crippen molar-refractivity contribution in [2.45, 2.75) is 84.7 Å². The topological polar surface area (TPSA) is 20.2 Å². The second-order valence-corrected chi connectivity index (χ2v) is 7.74. The highest BCUT2D eigenvalue weighted by molar-refractivity contribution is 4.85. The van der Waals surface area contributed by atoms with E-state index in [4.69, 9.17) is 0 Å². The Hall–Kier alpha value is -0.0400. The smallest absolute Gasteiger partial charge is 0.0596 e. The molecule has 0 aliphatic heterocycles. The summed E-state index contributed by atoms with van der Waals surface area (Å²) in [6.07, 6.45) is 11.9. The van der Waals surface area contributed by atoms with E-state index in [0.29, 0.717) is 11.8 Å². The molecule has 2 aliphatic rings. The van der Waals surface area contributed by atoms with Gasteiger partial charge in [-0.25, -0.2) is 0 Å². The molecule has 0 aromatic carbocycles. The predicted octanol–water partition coefficient (Wildman–Crippen LogP) is 5.03. The van der Waals surface area contributed by atoms with Gasteiger partial charge in [0.2, 0.25) is 0 Å². The quantitative estimate of drug-likeness (QED) is 0.757. The van der Waals surface area contributed by atoms with Gasteiger partial charge in [-0.2, -0.15) is 0 Å². The van der Waals surface area contributed by atoms with E-state index in [-0.39, 0.29) is 6.10 Å². The Kier molecular flexibility index (Phi) is 5.74. The number of rotatable bonds is 4. The average molecular weight is 266 g/mol. The summed E-state index contributed by atoms with van der Waals surface area (Å²) in [6, 6.07) is 0. The Labute approximate surface area is 120 Å². The largest absolute Gasteiger partial charge is 0.393 e. The van der Waals surface area contributed by atoms with Gasteiger partial charge in [-0.05, 0) is 61.7 Å². The SMILES string of the molecule is CCCC1CCC(C(O)C2CC(C)CC(C)C2)CC1. The van der Waals surface area contributed by atoms with Crippen molar-refractivity contribution < 1.29 is 5.11 Å². The Morgan fingerprint density at radius 2 is 1.47 bits per heavy atom. The van der Waals surface area contributed by atoms with Gasteiger partial charge in [0.1, 0.15) is 0 Å². The fourth-order valence-corrected chi connectivity index (χ4v) is 4.90. The van der Waals surface area contributed by atoms with Crippen LogP contribution < -0.4 is 0 Å². The highest BCUT2D eigenvalue weighted by Gasteiger charge is 2.34. The molecule has 2 aliphatic carbocycles. The van der Waals surface area contributed by atoms with Gasteiger partial charge in [-0.15, -0.1) is 0 Å². The molecule has 0 amide bonds. The summed E-state index contributed by atoms with van der Waals surface area (Å²) < 4.78 is 0. The van der Waals surface area contributed by atoms with E-state index in [9.17, 15) is 5.11 Å². The van der Waals surface area contributed by atoms with Crippen molar-refractivity contribution in [3.63, 3.8) is 0 Å². The van der Waals surface area contributed by atoms with Crippen molar-refractivity contribution in [1.82, 2.24) is 0 Å². The molecule has 0 heterocycles. The first-order valence-electron chi connectivity index (χ1n) is 8.78. The van der Waals surface area contributed by atoms with E-state index in [1.807, 2.05) is 0 Å². The molecule has 3 atom stereocenters. The van der Waals surface area contributed by atoms with Crippen molar-refractivity contribution >= 4 is 0 Å². The lowest BCUT2D eigenvalue weighted by Gasteiger charge is -2.39. The number of aliphatic hydroxyl groups excluding tert-OH is 1. The zero-order valence-corrected chi connectivity index (χ0v) is 13.3. The molecule has 1 heteroatoms. The molecule has 0 saturated heterocycles. The van der Waals surface area contributed by atoms with Gasteiger partial charge in [-0.1, -0.05) is 46.5 Å². The van der Waals surface area contributed by atoms with Gasteiger partial charge in [0.15, 0.2) is 0 Å². The minimum absolute atomic E-state index is 0.00669. The zero-order chi connectivity index (χ0) is 13.8. The first-order chi connectivity index (χ1) is 9.10. The van der Waals surface area contributed by atoms with Crippen LogP contribution in [0.25, 0.3) is 0 Å². The van der Waals surface area contributed by atoms with Gasteiger partial charge >= 0.3 is 0 Å². The van der Waals surface area contributed by atoms with Gasteiger partial charge < -0.3 is 5.11 Å². The maximum absolute atomic E-state index is 10.8. The summed E-state index contributed by atoms with van der Waals surface area (Å²) in [5.74, 6) is 3.79. The second kappa shape index (κ2) is 7.11. The molecule has 1 N–H and O–H groups in total. The lowest BCUT2D eigenvalue weighted by Crippen LogP contribution is -2.36.